The summed E-state index contributed by atoms with van der Waals surface area (Å²) in [5, 5.41) is 144. The molecule has 81 heavy (non-hydrogen) atoms. The Labute approximate surface area is 471 Å². The molecule has 0 radical (unpaired) electrons. The summed E-state index contributed by atoms with van der Waals surface area (Å²) in [7, 11) is 0. The second kappa shape index (κ2) is 23.2. The Morgan fingerprint density at radius 3 is 1.86 bits per heavy atom. The molecule has 4 saturated carbocycles. The zero-order valence-corrected chi connectivity index (χ0v) is 47.7. The van der Waals surface area contributed by atoms with E-state index in [0.29, 0.717) is 25.7 Å². The van der Waals surface area contributed by atoms with Crippen molar-refractivity contribution in [3.05, 3.63) is 11.6 Å². The van der Waals surface area contributed by atoms with E-state index in [1.165, 1.54) is 13.8 Å². The van der Waals surface area contributed by atoms with Crippen molar-refractivity contribution in [3.8, 4) is 0 Å². The summed E-state index contributed by atoms with van der Waals surface area (Å²) in [5.41, 5.74) is -2.89. The minimum absolute atomic E-state index is 0.0175. The van der Waals surface area contributed by atoms with E-state index in [1.807, 2.05) is 13.8 Å². The SMILES string of the molecule is CC(=O)OC[C@@]12[C@H](O)C[C@]3(C)C(=CC[C@@H]4[C@@]5(C)CC[C@H](O[C@@H]6OC[C@H](O[C@@H]7O[C@H](CO)[C@@H](O)[C@H](O)[C@H]7O[C@@H]7OC[C@@H](O)[C@H](O)[C@H]7O)[C@H](O)[C@H]6O[C@@H]6O[C@H](CO)[C@@H](O)[C@H](O)[C@H]6O)C(C)(C)[C@@H]5CC[C@]43C)[C@@H]1CC(C)(C)[C@@H](OC(C)=O)[C@@H]2O. The average molecular weight is 1160 g/mol. The van der Waals surface area contributed by atoms with Gasteiger partial charge in [0.15, 0.2) is 25.2 Å². The van der Waals surface area contributed by atoms with Gasteiger partial charge in [0.1, 0.15) is 104 Å². The van der Waals surface area contributed by atoms with E-state index in [4.69, 9.17) is 47.4 Å². The summed E-state index contributed by atoms with van der Waals surface area (Å²) >= 11 is 0. The normalized spacial score (nSPS) is 52.2. The van der Waals surface area contributed by atoms with E-state index >= 15 is 0 Å². The maximum Gasteiger partial charge on any atom is 0.303 e. The first kappa shape index (κ1) is 63.3. The molecule has 4 heterocycles. The number of rotatable bonds is 13. The molecule has 9 rings (SSSR count). The third kappa shape index (κ3) is 10.6. The molecular weight excluding hydrogens is 1070 g/mol. The van der Waals surface area contributed by atoms with Crippen molar-refractivity contribution in [3.63, 3.8) is 0 Å². The Hall–Kier alpha value is -2.16. The molecule has 9 aliphatic rings. The van der Waals surface area contributed by atoms with Crippen molar-refractivity contribution in [1.82, 2.24) is 0 Å². The molecule has 0 aromatic carbocycles. The van der Waals surface area contributed by atoms with Crippen LogP contribution in [-0.2, 0) is 57.0 Å². The van der Waals surface area contributed by atoms with Gasteiger partial charge < -0.3 is 114 Å². The number of esters is 2. The number of allylic oxidation sites excluding steroid dienone is 2. The molecule has 29 atom stereocenters. The van der Waals surface area contributed by atoms with Gasteiger partial charge in [-0.05, 0) is 84.4 Å². The highest BCUT2D eigenvalue weighted by molar-refractivity contribution is 5.66. The van der Waals surface area contributed by atoms with E-state index in [9.17, 15) is 76.0 Å². The average Bonchev–Trinajstić information content (AvgIpc) is 0.889. The third-order valence-corrected chi connectivity index (χ3v) is 21.6. The Morgan fingerprint density at radius 2 is 1.22 bits per heavy atom. The van der Waals surface area contributed by atoms with Crippen LogP contribution in [0.3, 0.4) is 0 Å². The zero-order valence-electron chi connectivity index (χ0n) is 47.7. The summed E-state index contributed by atoms with van der Waals surface area (Å²) in [5.74, 6) is -1.46. The van der Waals surface area contributed by atoms with Crippen LogP contribution in [0.25, 0.3) is 0 Å². The van der Waals surface area contributed by atoms with E-state index in [1.54, 1.807) is 0 Å². The van der Waals surface area contributed by atoms with Gasteiger partial charge in [0.2, 0.25) is 0 Å². The molecule has 464 valence electrons. The predicted molar refractivity (Wildman–Crippen MR) is 274 cm³/mol. The summed E-state index contributed by atoms with van der Waals surface area (Å²) in [6, 6.07) is 0. The molecule has 0 unspecified atom stereocenters. The van der Waals surface area contributed by atoms with Crippen LogP contribution < -0.4 is 0 Å². The highest BCUT2D eigenvalue weighted by Crippen LogP contribution is 2.76. The molecule has 0 amide bonds. The van der Waals surface area contributed by atoms with E-state index in [-0.39, 0.29) is 35.7 Å². The van der Waals surface area contributed by atoms with Crippen LogP contribution in [0.2, 0.25) is 0 Å². The number of carbonyl (C=O) groups is 2. The fourth-order valence-electron chi connectivity index (χ4n) is 16.9. The lowest BCUT2D eigenvalue weighted by Crippen LogP contribution is -2.72. The van der Waals surface area contributed by atoms with Gasteiger partial charge in [-0.2, -0.15) is 0 Å². The Kier molecular flexibility index (Phi) is 18.1. The number of fused-ring (bicyclic) bond motifs is 7. The second-order valence-corrected chi connectivity index (χ2v) is 26.8. The van der Waals surface area contributed by atoms with Gasteiger partial charge in [-0.3, -0.25) is 9.59 Å². The number of aliphatic hydroxyl groups excluding tert-OH is 13. The molecule has 4 saturated heterocycles. The van der Waals surface area contributed by atoms with Crippen LogP contribution in [0.5, 0.6) is 0 Å². The number of hydrogen-bond acceptors (Lipinski definition) is 25. The van der Waals surface area contributed by atoms with Gasteiger partial charge in [0.05, 0.1) is 44.1 Å². The van der Waals surface area contributed by atoms with E-state index in [2.05, 4.69) is 40.7 Å². The molecule has 25 nitrogen and oxygen atoms in total. The Balaban J connectivity index is 0.983. The smallest absolute Gasteiger partial charge is 0.303 e. The van der Waals surface area contributed by atoms with Crippen molar-refractivity contribution in [2.24, 2.45) is 50.2 Å². The van der Waals surface area contributed by atoms with Crippen LogP contribution in [-0.4, -0.2) is 246 Å². The summed E-state index contributed by atoms with van der Waals surface area (Å²) in [4.78, 5) is 24.9. The number of hydrogen-bond donors (Lipinski definition) is 13. The summed E-state index contributed by atoms with van der Waals surface area (Å²) in [6.45, 7) is 14.8. The van der Waals surface area contributed by atoms with Crippen molar-refractivity contribution in [2.75, 3.05) is 33.0 Å². The van der Waals surface area contributed by atoms with Gasteiger partial charge in [-0.25, -0.2) is 0 Å². The van der Waals surface area contributed by atoms with Crippen molar-refractivity contribution >= 4 is 11.9 Å². The molecular formula is C56H90O25. The third-order valence-electron chi connectivity index (χ3n) is 21.6. The lowest BCUT2D eigenvalue weighted by atomic mass is 9.33. The second-order valence-electron chi connectivity index (χ2n) is 26.8. The highest BCUT2D eigenvalue weighted by atomic mass is 16.8. The van der Waals surface area contributed by atoms with E-state index in [0.717, 1.165) is 18.4 Å². The number of carbonyl (C=O) groups excluding carboxylic acids is 2. The van der Waals surface area contributed by atoms with Crippen molar-refractivity contribution in [1.29, 1.82) is 0 Å². The molecule has 4 aliphatic heterocycles. The van der Waals surface area contributed by atoms with Crippen molar-refractivity contribution < 1.29 is 123 Å². The van der Waals surface area contributed by atoms with Crippen molar-refractivity contribution in [2.45, 2.75) is 242 Å². The highest BCUT2D eigenvalue weighted by Gasteiger charge is 2.73. The standard InChI is InChI=1S/C56H90O25/c1-23(59)74-22-56-26(16-51(3,4)46(45(56)71)75-24(2)60)25-10-11-32-53(7)14-13-34(52(5,6)31(53)12-15-54(32,8)55(25,9)17-33(56)62)79-49-43(81-48-42(70)39(67)36(64)28(18-57)76-48)38(66)30(21-73-49)78-50-44(40(68)37(65)29(19-58)77-50)80-47-41(69)35(63)27(61)20-72-47/h10,26-50,57-58,61-71H,11-22H2,1-9H3/t26-,27+,28+,29+,30-,31-,32+,33+,34-,35-,36+,37+,38-,39-,40-,41+,42+,43+,44+,45-,46-,47-,48-,49-,50-,53-,54+,55+,56-/m0/s1. The Morgan fingerprint density at radius 1 is 0.617 bits per heavy atom. The molecule has 0 spiro atoms. The van der Waals surface area contributed by atoms with Crippen LogP contribution in [0.4, 0.5) is 0 Å². The maximum atomic E-state index is 12.7. The summed E-state index contributed by atoms with van der Waals surface area (Å²) < 4.78 is 60.2. The first-order valence-electron chi connectivity index (χ1n) is 28.7. The van der Waals surface area contributed by atoms with Crippen LogP contribution >= 0.6 is 0 Å². The fourth-order valence-corrected chi connectivity index (χ4v) is 16.9. The largest absolute Gasteiger partial charge is 0.465 e. The predicted octanol–water partition coefficient (Wildman–Crippen LogP) is -2.23. The number of aliphatic hydroxyl groups is 13. The molecule has 8 fully saturated rings. The Bertz CT molecular complexity index is 2270. The van der Waals surface area contributed by atoms with Gasteiger partial charge >= 0.3 is 11.9 Å². The number of ether oxygens (including phenoxy) is 10. The summed E-state index contributed by atoms with van der Waals surface area (Å²) in [6.07, 6.45) is -28.3. The fraction of sp³-hybridized carbons (Fsp3) is 0.929. The van der Waals surface area contributed by atoms with Crippen LogP contribution in [0, 0.1) is 50.2 Å². The monoisotopic (exact) mass is 1160 g/mol. The molecule has 0 aromatic heterocycles. The minimum Gasteiger partial charge on any atom is -0.465 e. The topological polar surface area (TPSA) is 389 Å². The van der Waals surface area contributed by atoms with Gasteiger partial charge in [-0.15, -0.1) is 0 Å². The van der Waals surface area contributed by atoms with Gasteiger partial charge in [0, 0.05) is 19.3 Å². The molecule has 13 N–H and O–H groups in total. The molecule has 0 aromatic rings. The van der Waals surface area contributed by atoms with Gasteiger partial charge in [0.25, 0.3) is 0 Å². The quantitative estimate of drug-likeness (QED) is 0.0527. The van der Waals surface area contributed by atoms with Gasteiger partial charge in [-0.1, -0.05) is 60.1 Å². The molecule has 5 aliphatic carbocycles. The zero-order chi connectivity index (χ0) is 59.4. The lowest BCUT2D eigenvalue weighted by molar-refractivity contribution is -0.392. The molecule has 0 bridgehead atoms. The van der Waals surface area contributed by atoms with Crippen LogP contribution in [0.1, 0.15) is 107 Å². The molecule has 25 heteroatoms. The maximum absolute atomic E-state index is 12.7. The van der Waals surface area contributed by atoms with Crippen LogP contribution in [0.15, 0.2) is 11.6 Å². The van der Waals surface area contributed by atoms with E-state index < -0.39 is 201 Å². The first-order chi connectivity index (χ1) is 37.8. The first-order valence-corrected chi connectivity index (χ1v) is 28.7. The lowest BCUT2D eigenvalue weighted by Gasteiger charge is -2.72. The minimum atomic E-state index is -1.92.